The van der Waals surface area contributed by atoms with E-state index < -0.39 is 0 Å². The minimum Gasteiger partial charge on any atom is -0.489 e. The lowest BCUT2D eigenvalue weighted by Crippen LogP contribution is -2.35. The van der Waals surface area contributed by atoms with Gasteiger partial charge in [0.2, 0.25) is 0 Å². The van der Waals surface area contributed by atoms with E-state index >= 15 is 0 Å². The summed E-state index contributed by atoms with van der Waals surface area (Å²) in [6.07, 6.45) is 0. The Hall–Kier alpha value is -0.700. The van der Waals surface area contributed by atoms with Gasteiger partial charge in [0.25, 0.3) is 0 Å². The van der Waals surface area contributed by atoms with Crippen LogP contribution in [0.5, 0.6) is 5.75 Å². The molecule has 0 saturated heterocycles. The number of hydrogen-bond donors (Lipinski definition) is 1. The standard InChI is InChI=1S/C15H21Cl2NO/c1-11(8-16)10-19-14-6-5-13(17)7-12(14)9-18-15(2,3)4/h5-8,18H,9-10H2,1-4H3/b11-8-. The summed E-state index contributed by atoms with van der Waals surface area (Å²) < 4.78 is 5.76. The predicted molar refractivity (Wildman–Crippen MR) is 83.1 cm³/mol. The monoisotopic (exact) mass is 301 g/mol. The molecule has 1 aromatic carbocycles. The molecule has 0 heterocycles. The number of rotatable bonds is 5. The summed E-state index contributed by atoms with van der Waals surface area (Å²) in [5.41, 5.74) is 3.60. The molecule has 106 valence electrons. The van der Waals surface area contributed by atoms with Gasteiger partial charge in [-0.05, 0) is 51.5 Å². The summed E-state index contributed by atoms with van der Waals surface area (Å²) in [7, 11) is 0. The first kappa shape index (κ1) is 16.4. The molecule has 0 aliphatic carbocycles. The number of nitrogens with one attached hydrogen (secondary N) is 1. The van der Waals surface area contributed by atoms with Crippen LogP contribution in [-0.2, 0) is 6.54 Å². The van der Waals surface area contributed by atoms with Crippen LogP contribution >= 0.6 is 23.2 Å². The normalized spacial score (nSPS) is 12.6. The number of benzene rings is 1. The van der Waals surface area contributed by atoms with Gasteiger partial charge in [-0.1, -0.05) is 23.2 Å². The van der Waals surface area contributed by atoms with E-state index in [4.69, 9.17) is 27.9 Å². The molecule has 0 spiro atoms. The van der Waals surface area contributed by atoms with E-state index in [-0.39, 0.29) is 5.54 Å². The lowest BCUT2D eigenvalue weighted by atomic mass is 10.1. The molecule has 0 fully saturated rings. The Balaban J connectivity index is 2.79. The summed E-state index contributed by atoms with van der Waals surface area (Å²) in [5, 5.41) is 4.14. The molecule has 1 aromatic rings. The maximum absolute atomic E-state index is 6.04. The van der Waals surface area contributed by atoms with Crippen molar-refractivity contribution >= 4 is 23.2 Å². The fourth-order valence-electron chi connectivity index (χ4n) is 1.41. The molecule has 0 radical (unpaired) electrons. The zero-order chi connectivity index (χ0) is 14.5. The largest absolute Gasteiger partial charge is 0.489 e. The summed E-state index contributed by atoms with van der Waals surface area (Å²) in [6.45, 7) is 9.49. The number of hydrogen-bond acceptors (Lipinski definition) is 2. The van der Waals surface area contributed by atoms with Crippen LogP contribution in [0.3, 0.4) is 0 Å². The summed E-state index contributed by atoms with van der Waals surface area (Å²) >= 11 is 11.7. The Bertz CT molecular complexity index is 450. The fraction of sp³-hybridized carbons (Fsp3) is 0.467. The second kappa shape index (κ2) is 7.18. The van der Waals surface area contributed by atoms with Crippen LogP contribution in [0.1, 0.15) is 33.3 Å². The number of halogens is 2. The highest BCUT2D eigenvalue weighted by Gasteiger charge is 2.11. The van der Waals surface area contributed by atoms with Crippen LogP contribution < -0.4 is 10.1 Å². The first-order valence-corrected chi connectivity index (χ1v) is 7.05. The van der Waals surface area contributed by atoms with Crippen molar-refractivity contribution < 1.29 is 4.74 Å². The van der Waals surface area contributed by atoms with Gasteiger partial charge in [-0.25, -0.2) is 0 Å². The van der Waals surface area contributed by atoms with Crippen molar-refractivity contribution in [2.45, 2.75) is 39.8 Å². The Morgan fingerprint density at radius 3 is 2.63 bits per heavy atom. The molecule has 0 aliphatic rings. The van der Waals surface area contributed by atoms with Gasteiger partial charge in [-0.2, -0.15) is 0 Å². The van der Waals surface area contributed by atoms with Gasteiger partial charge >= 0.3 is 0 Å². The topological polar surface area (TPSA) is 21.3 Å². The molecule has 4 heteroatoms. The molecule has 2 nitrogen and oxygen atoms in total. The van der Waals surface area contributed by atoms with Crippen LogP contribution in [-0.4, -0.2) is 12.1 Å². The van der Waals surface area contributed by atoms with Crippen molar-refractivity contribution in [1.29, 1.82) is 0 Å². The molecule has 0 unspecified atom stereocenters. The highest BCUT2D eigenvalue weighted by atomic mass is 35.5. The summed E-state index contributed by atoms with van der Waals surface area (Å²) in [4.78, 5) is 0. The van der Waals surface area contributed by atoms with Gasteiger partial charge in [0, 0.05) is 28.2 Å². The van der Waals surface area contributed by atoms with Gasteiger partial charge in [-0.15, -0.1) is 0 Å². The molecule has 0 aromatic heterocycles. The third-order valence-corrected chi connectivity index (χ3v) is 3.08. The third-order valence-electron chi connectivity index (χ3n) is 2.47. The molecule has 19 heavy (non-hydrogen) atoms. The second-order valence-corrected chi connectivity index (χ2v) is 6.25. The molecular weight excluding hydrogens is 281 g/mol. The average molecular weight is 302 g/mol. The van der Waals surface area contributed by atoms with Crippen molar-refractivity contribution in [3.63, 3.8) is 0 Å². The van der Waals surface area contributed by atoms with Crippen LogP contribution in [0.4, 0.5) is 0 Å². The molecule has 0 bridgehead atoms. The first-order valence-electron chi connectivity index (χ1n) is 6.24. The second-order valence-electron chi connectivity index (χ2n) is 5.60. The number of ether oxygens (including phenoxy) is 1. The van der Waals surface area contributed by atoms with Crippen molar-refractivity contribution in [3.05, 3.63) is 39.9 Å². The zero-order valence-corrected chi connectivity index (χ0v) is 13.4. The zero-order valence-electron chi connectivity index (χ0n) is 11.9. The van der Waals surface area contributed by atoms with E-state index in [1.54, 1.807) is 0 Å². The highest BCUT2D eigenvalue weighted by molar-refractivity contribution is 6.30. The smallest absolute Gasteiger partial charge is 0.124 e. The molecule has 0 saturated carbocycles. The van der Waals surface area contributed by atoms with Crippen molar-refractivity contribution in [2.24, 2.45) is 0 Å². The van der Waals surface area contributed by atoms with E-state index in [9.17, 15) is 0 Å². The maximum atomic E-state index is 6.04. The van der Waals surface area contributed by atoms with Crippen LogP contribution in [0.25, 0.3) is 0 Å². The minimum atomic E-state index is 0.0472. The molecule has 0 amide bonds. The fourth-order valence-corrected chi connectivity index (χ4v) is 1.67. The Kier molecular flexibility index (Phi) is 6.18. The Morgan fingerprint density at radius 1 is 1.37 bits per heavy atom. The minimum absolute atomic E-state index is 0.0472. The molecule has 1 N–H and O–H groups in total. The predicted octanol–water partition coefficient (Wildman–Crippen LogP) is 4.75. The van der Waals surface area contributed by atoms with Gasteiger partial charge in [0.05, 0.1) is 0 Å². The van der Waals surface area contributed by atoms with Crippen LogP contribution in [0.2, 0.25) is 5.02 Å². The quantitative estimate of drug-likeness (QED) is 0.847. The molecule has 0 aliphatic heterocycles. The highest BCUT2D eigenvalue weighted by Crippen LogP contribution is 2.24. The average Bonchev–Trinajstić information content (AvgIpc) is 2.33. The molecular formula is C15H21Cl2NO. The van der Waals surface area contributed by atoms with Gasteiger partial charge in [0.15, 0.2) is 0 Å². The Labute approximate surface area is 125 Å². The lowest BCUT2D eigenvalue weighted by molar-refractivity contribution is 0.343. The van der Waals surface area contributed by atoms with Crippen molar-refractivity contribution in [2.75, 3.05) is 6.61 Å². The van der Waals surface area contributed by atoms with Crippen molar-refractivity contribution in [1.82, 2.24) is 5.32 Å². The SMILES string of the molecule is C/C(=C/Cl)COc1ccc(Cl)cc1CNC(C)(C)C. The molecule has 0 atom stereocenters. The van der Waals surface area contributed by atoms with Crippen LogP contribution in [0, 0.1) is 0 Å². The Morgan fingerprint density at radius 2 is 2.05 bits per heavy atom. The van der Waals surface area contributed by atoms with E-state index in [1.807, 2.05) is 25.1 Å². The van der Waals surface area contributed by atoms with Gasteiger partial charge < -0.3 is 10.1 Å². The van der Waals surface area contributed by atoms with E-state index in [2.05, 4.69) is 26.1 Å². The van der Waals surface area contributed by atoms with Gasteiger partial charge in [-0.3, -0.25) is 0 Å². The van der Waals surface area contributed by atoms with E-state index in [0.717, 1.165) is 16.9 Å². The maximum Gasteiger partial charge on any atom is 0.124 e. The first-order chi connectivity index (χ1) is 8.81. The van der Waals surface area contributed by atoms with E-state index in [0.29, 0.717) is 18.2 Å². The van der Waals surface area contributed by atoms with E-state index in [1.165, 1.54) is 5.54 Å². The van der Waals surface area contributed by atoms with Gasteiger partial charge in [0.1, 0.15) is 12.4 Å². The van der Waals surface area contributed by atoms with Crippen LogP contribution in [0.15, 0.2) is 29.3 Å². The third kappa shape index (κ3) is 6.33. The summed E-state index contributed by atoms with van der Waals surface area (Å²) in [5.74, 6) is 0.832. The van der Waals surface area contributed by atoms with Crippen molar-refractivity contribution in [3.8, 4) is 5.75 Å². The lowest BCUT2D eigenvalue weighted by Gasteiger charge is -2.22. The summed E-state index contributed by atoms with van der Waals surface area (Å²) in [6, 6.07) is 5.65. The molecule has 1 rings (SSSR count).